The largest absolute Gasteiger partial charge is 0.303 e. The third-order valence-corrected chi connectivity index (χ3v) is 6.08. The average Bonchev–Trinajstić information content (AvgIpc) is 2.55. The van der Waals surface area contributed by atoms with Gasteiger partial charge in [-0.25, -0.2) is 0 Å². The van der Waals surface area contributed by atoms with Crippen molar-refractivity contribution in [3.63, 3.8) is 0 Å². The van der Waals surface area contributed by atoms with Gasteiger partial charge in [0, 0.05) is 0 Å². The molecular formula is C18H36N2S. The molecule has 0 unspecified atom stereocenters. The lowest BCUT2D eigenvalue weighted by molar-refractivity contribution is 0.226. The topological polar surface area (TPSA) is 6.48 Å². The average molecular weight is 313 g/mol. The third kappa shape index (κ3) is 8.47. The van der Waals surface area contributed by atoms with Crippen molar-refractivity contribution in [2.75, 3.05) is 50.8 Å². The molecule has 0 aromatic carbocycles. The van der Waals surface area contributed by atoms with Crippen molar-refractivity contribution in [3.8, 4) is 0 Å². The van der Waals surface area contributed by atoms with E-state index in [1.54, 1.807) is 0 Å². The fourth-order valence-corrected chi connectivity index (χ4v) is 4.57. The Morgan fingerprint density at radius 3 is 1.38 bits per heavy atom. The lowest BCUT2D eigenvalue weighted by Crippen LogP contribution is -2.30. The summed E-state index contributed by atoms with van der Waals surface area (Å²) in [5, 5.41) is 0. The minimum absolute atomic E-state index is 1.36. The minimum atomic E-state index is 1.36. The van der Waals surface area contributed by atoms with Gasteiger partial charge in [-0.3, -0.25) is 0 Å². The van der Waals surface area contributed by atoms with Crippen molar-refractivity contribution in [2.45, 2.75) is 64.2 Å². The molecule has 124 valence electrons. The Hall–Kier alpha value is 0.270. The van der Waals surface area contributed by atoms with Crippen LogP contribution in [0.15, 0.2) is 0 Å². The van der Waals surface area contributed by atoms with E-state index in [4.69, 9.17) is 0 Å². The van der Waals surface area contributed by atoms with E-state index in [0.29, 0.717) is 0 Å². The summed E-state index contributed by atoms with van der Waals surface area (Å²) in [6.07, 6.45) is 14.4. The molecule has 0 radical (unpaired) electrons. The number of nitrogens with zero attached hydrogens (tertiary/aromatic N) is 2. The lowest BCUT2D eigenvalue weighted by Gasteiger charge is -2.26. The summed E-state index contributed by atoms with van der Waals surface area (Å²) in [6.45, 7) is 8.17. The van der Waals surface area contributed by atoms with Crippen LogP contribution in [0.4, 0.5) is 0 Å². The first-order valence-corrected chi connectivity index (χ1v) is 10.6. The smallest absolute Gasteiger partial charge is 0.00184 e. The summed E-state index contributed by atoms with van der Waals surface area (Å²) >= 11 is 2.19. The Morgan fingerprint density at radius 1 is 0.524 bits per heavy atom. The highest BCUT2D eigenvalue weighted by Gasteiger charge is 2.09. The van der Waals surface area contributed by atoms with E-state index in [1.807, 2.05) is 0 Å². The molecule has 0 saturated carbocycles. The van der Waals surface area contributed by atoms with E-state index < -0.39 is 0 Å². The van der Waals surface area contributed by atoms with Crippen molar-refractivity contribution >= 4 is 11.8 Å². The molecule has 0 aromatic heterocycles. The first-order chi connectivity index (χ1) is 10.4. The Balaban J connectivity index is 1.30. The first-order valence-electron chi connectivity index (χ1n) is 9.47. The Labute approximate surface area is 137 Å². The van der Waals surface area contributed by atoms with Gasteiger partial charge >= 0.3 is 0 Å². The standard InChI is InChI=1S/C18H36N2S/c1-3-11-19(12-4-1)15-7-9-17-21-18-10-8-16-20-13-5-2-6-14-20/h1-18H2. The van der Waals surface area contributed by atoms with Crippen molar-refractivity contribution in [2.24, 2.45) is 0 Å². The summed E-state index contributed by atoms with van der Waals surface area (Å²) in [6, 6.07) is 0. The van der Waals surface area contributed by atoms with Crippen molar-refractivity contribution in [3.05, 3.63) is 0 Å². The fourth-order valence-electron chi connectivity index (χ4n) is 3.55. The number of thioether (sulfide) groups is 1. The molecule has 2 aliphatic rings. The second-order valence-electron chi connectivity index (χ2n) is 6.83. The summed E-state index contributed by atoms with van der Waals surface area (Å²) < 4.78 is 0. The highest BCUT2D eigenvalue weighted by atomic mass is 32.2. The lowest BCUT2D eigenvalue weighted by atomic mass is 10.1. The molecule has 0 amide bonds. The van der Waals surface area contributed by atoms with Gasteiger partial charge in [-0.2, -0.15) is 11.8 Å². The van der Waals surface area contributed by atoms with Crippen molar-refractivity contribution in [1.29, 1.82) is 0 Å². The predicted octanol–water partition coefficient (Wildman–Crippen LogP) is 4.25. The van der Waals surface area contributed by atoms with Gasteiger partial charge < -0.3 is 9.80 Å². The highest BCUT2D eigenvalue weighted by Crippen LogP contribution is 2.13. The van der Waals surface area contributed by atoms with Crippen LogP contribution in [0.2, 0.25) is 0 Å². The Morgan fingerprint density at radius 2 is 0.952 bits per heavy atom. The molecule has 2 fully saturated rings. The second kappa shape index (κ2) is 11.8. The van der Waals surface area contributed by atoms with E-state index >= 15 is 0 Å². The van der Waals surface area contributed by atoms with Gasteiger partial charge in [-0.05, 0) is 102 Å². The molecule has 2 saturated heterocycles. The van der Waals surface area contributed by atoms with Gasteiger partial charge in [0.05, 0.1) is 0 Å². The summed E-state index contributed by atoms with van der Waals surface area (Å²) in [5.41, 5.74) is 0. The van der Waals surface area contributed by atoms with Gasteiger partial charge in [0.1, 0.15) is 0 Å². The highest BCUT2D eigenvalue weighted by molar-refractivity contribution is 7.99. The van der Waals surface area contributed by atoms with E-state index in [9.17, 15) is 0 Å². The molecule has 3 heteroatoms. The third-order valence-electron chi connectivity index (χ3n) is 4.92. The van der Waals surface area contributed by atoms with E-state index in [2.05, 4.69) is 21.6 Å². The molecule has 2 heterocycles. The van der Waals surface area contributed by atoms with Crippen LogP contribution in [0.5, 0.6) is 0 Å². The van der Waals surface area contributed by atoms with Crippen LogP contribution in [-0.2, 0) is 0 Å². The molecule has 21 heavy (non-hydrogen) atoms. The molecule has 2 nitrogen and oxygen atoms in total. The molecule has 0 spiro atoms. The van der Waals surface area contributed by atoms with Gasteiger partial charge in [0.2, 0.25) is 0 Å². The minimum Gasteiger partial charge on any atom is -0.303 e. The number of unbranched alkanes of at least 4 members (excludes halogenated alkanes) is 2. The summed E-state index contributed by atoms with van der Waals surface area (Å²) in [5.74, 6) is 2.77. The molecule has 0 aromatic rings. The normalized spacial score (nSPS) is 21.7. The molecule has 0 bridgehead atoms. The van der Waals surface area contributed by atoms with Crippen LogP contribution >= 0.6 is 11.8 Å². The van der Waals surface area contributed by atoms with Crippen LogP contribution in [-0.4, -0.2) is 60.6 Å². The summed E-state index contributed by atoms with van der Waals surface area (Å²) in [4.78, 5) is 5.35. The molecule has 2 rings (SSSR count). The molecule has 2 aliphatic heterocycles. The van der Waals surface area contributed by atoms with Crippen molar-refractivity contribution < 1.29 is 0 Å². The van der Waals surface area contributed by atoms with Crippen LogP contribution in [0.3, 0.4) is 0 Å². The number of rotatable bonds is 10. The van der Waals surface area contributed by atoms with E-state index in [0.717, 1.165) is 0 Å². The zero-order valence-electron chi connectivity index (χ0n) is 14.0. The first kappa shape index (κ1) is 17.6. The quantitative estimate of drug-likeness (QED) is 0.557. The molecule has 0 aliphatic carbocycles. The fraction of sp³-hybridized carbons (Fsp3) is 1.00. The summed E-state index contributed by atoms with van der Waals surface area (Å²) in [7, 11) is 0. The molecule has 0 atom stereocenters. The van der Waals surface area contributed by atoms with Crippen LogP contribution in [0.1, 0.15) is 64.2 Å². The van der Waals surface area contributed by atoms with Crippen LogP contribution < -0.4 is 0 Å². The zero-order chi connectivity index (χ0) is 14.6. The van der Waals surface area contributed by atoms with Gasteiger partial charge in [0.25, 0.3) is 0 Å². The number of hydrogen-bond donors (Lipinski definition) is 0. The maximum Gasteiger partial charge on any atom is -0.00184 e. The maximum atomic E-state index is 2.67. The Kier molecular flexibility index (Phi) is 9.89. The zero-order valence-corrected chi connectivity index (χ0v) is 14.8. The van der Waals surface area contributed by atoms with Gasteiger partial charge in [-0.1, -0.05) is 12.8 Å². The monoisotopic (exact) mass is 312 g/mol. The van der Waals surface area contributed by atoms with Crippen LogP contribution in [0, 0.1) is 0 Å². The van der Waals surface area contributed by atoms with Gasteiger partial charge in [0.15, 0.2) is 0 Å². The predicted molar refractivity (Wildman–Crippen MR) is 96.4 cm³/mol. The SMILES string of the molecule is C1CCN(CCCCSCCCCN2CCCCC2)CC1. The van der Waals surface area contributed by atoms with E-state index in [-0.39, 0.29) is 0 Å². The van der Waals surface area contributed by atoms with Crippen LogP contribution in [0.25, 0.3) is 0 Å². The number of piperidine rings is 2. The van der Waals surface area contributed by atoms with Gasteiger partial charge in [-0.15, -0.1) is 0 Å². The maximum absolute atomic E-state index is 2.67. The molecule has 0 N–H and O–H groups in total. The second-order valence-corrected chi connectivity index (χ2v) is 8.06. The van der Waals surface area contributed by atoms with E-state index in [1.165, 1.54) is 115 Å². The Bertz CT molecular complexity index is 211. The number of hydrogen-bond acceptors (Lipinski definition) is 3. The number of likely N-dealkylation sites (tertiary alicyclic amines) is 2. The van der Waals surface area contributed by atoms with Crippen molar-refractivity contribution in [1.82, 2.24) is 9.80 Å². The molecular weight excluding hydrogens is 276 g/mol.